The van der Waals surface area contributed by atoms with Crippen LogP contribution in [-0.4, -0.2) is 50.1 Å². The second-order valence-electron chi connectivity index (χ2n) is 4.17. The number of methoxy groups -OCH3 is 2. The van der Waals surface area contributed by atoms with Crippen LogP contribution in [-0.2, 0) is 14.3 Å². The zero-order valence-corrected chi connectivity index (χ0v) is 13.2. The molecule has 3 N–H and O–H groups in total. The minimum absolute atomic E-state index is 0.148. The van der Waals surface area contributed by atoms with Crippen LogP contribution in [0.5, 0.6) is 0 Å². The van der Waals surface area contributed by atoms with Crippen molar-refractivity contribution < 1.29 is 23.9 Å². The van der Waals surface area contributed by atoms with E-state index >= 15 is 0 Å². The van der Waals surface area contributed by atoms with E-state index in [-0.39, 0.29) is 22.8 Å². The predicted molar refractivity (Wildman–Crippen MR) is 84.1 cm³/mol. The van der Waals surface area contributed by atoms with Crippen LogP contribution in [0.15, 0.2) is 18.2 Å². The summed E-state index contributed by atoms with van der Waals surface area (Å²) in [6.45, 7) is 0.488. The lowest BCUT2D eigenvalue weighted by molar-refractivity contribution is -0.113. The number of esters is 2. The van der Waals surface area contributed by atoms with Gasteiger partial charge in [-0.1, -0.05) is 0 Å². The molecule has 120 valence electrons. The molecule has 8 heteroatoms. The van der Waals surface area contributed by atoms with Crippen molar-refractivity contribution in [1.29, 1.82) is 0 Å². The SMILES string of the molecule is COC(=O)c1cc(NC(=O)CSCCN)cc(C(=O)OC)c1. The van der Waals surface area contributed by atoms with E-state index in [1.54, 1.807) is 0 Å². The summed E-state index contributed by atoms with van der Waals surface area (Å²) in [5, 5.41) is 2.62. The minimum Gasteiger partial charge on any atom is -0.465 e. The van der Waals surface area contributed by atoms with E-state index in [2.05, 4.69) is 14.8 Å². The maximum Gasteiger partial charge on any atom is 0.337 e. The van der Waals surface area contributed by atoms with Crippen molar-refractivity contribution in [2.24, 2.45) is 5.73 Å². The van der Waals surface area contributed by atoms with Gasteiger partial charge in [0.25, 0.3) is 0 Å². The van der Waals surface area contributed by atoms with Crippen LogP contribution in [0.4, 0.5) is 5.69 Å². The summed E-state index contributed by atoms with van der Waals surface area (Å²) < 4.78 is 9.24. The fraction of sp³-hybridized carbons (Fsp3) is 0.357. The molecule has 0 spiro atoms. The number of rotatable bonds is 7. The average Bonchev–Trinajstić information content (AvgIpc) is 2.53. The van der Waals surface area contributed by atoms with Gasteiger partial charge in [-0.2, -0.15) is 11.8 Å². The van der Waals surface area contributed by atoms with Crippen molar-refractivity contribution in [2.45, 2.75) is 0 Å². The Morgan fingerprint density at radius 3 is 2.09 bits per heavy atom. The van der Waals surface area contributed by atoms with Gasteiger partial charge in [0, 0.05) is 18.0 Å². The van der Waals surface area contributed by atoms with Gasteiger partial charge in [0.05, 0.1) is 31.1 Å². The fourth-order valence-electron chi connectivity index (χ4n) is 1.62. The Bertz CT molecular complexity index is 528. The highest BCUT2D eigenvalue weighted by Crippen LogP contribution is 2.17. The molecule has 0 saturated carbocycles. The molecule has 0 fully saturated rings. The number of ether oxygens (including phenoxy) is 2. The lowest BCUT2D eigenvalue weighted by Crippen LogP contribution is -2.17. The van der Waals surface area contributed by atoms with Crippen molar-refractivity contribution in [3.8, 4) is 0 Å². The maximum atomic E-state index is 11.8. The zero-order valence-electron chi connectivity index (χ0n) is 12.4. The van der Waals surface area contributed by atoms with E-state index in [4.69, 9.17) is 5.73 Å². The maximum absolute atomic E-state index is 11.8. The molecule has 0 atom stereocenters. The molecule has 1 aromatic rings. The first-order valence-corrected chi connectivity index (χ1v) is 7.56. The molecule has 0 aliphatic rings. The number of thioether (sulfide) groups is 1. The second-order valence-corrected chi connectivity index (χ2v) is 5.28. The number of hydrogen-bond acceptors (Lipinski definition) is 7. The summed E-state index contributed by atoms with van der Waals surface area (Å²) >= 11 is 1.39. The average molecular weight is 326 g/mol. The summed E-state index contributed by atoms with van der Waals surface area (Å²) in [7, 11) is 2.46. The molecule has 0 radical (unpaired) electrons. The largest absolute Gasteiger partial charge is 0.465 e. The lowest BCUT2D eigenvalue weighted by Gasteiger charge is -2.09. The number of nitrogens with two attached hydrogens (primary N) is 1. The van der Waals surface area contributed by atoms with Gasteiger partial charge in [-0.15, -0.1) is 0 Å². The standard InChI is InChI=1S/C14H18N2O5S/c1-20-13(18)9-5-10(14(19)21-2)7-11(6-9)16-12(17)8-22-4-3-15/h5-7H,3-4,8,15H2,1-2H3,(H,16,17). The quantitative estimate of drug-likeness (QED) is 0.566. The van der Waals surface area contributed by atoms with Gasteiger partial charge in [0.1, 0.15) is 0 Å². The Balaban J connectivity index is 2.95. The van der Waals surface area contributed by atoms with E-state index in [0.29, 0.717) is 18.0 Å². The number of hydrogen-bond donors (Lipinski definition) is 2. The van der Waals surface area contributed by atoms with Crippen LogP contribution in [0.25, 0.3) is 0 Å². The monoisotopic (exact) mass is 326 g/mol. The molecule has 7 nitrogen and oxygen atoms in total. The van der Waals surface area contributed by atoms with E-state index in [1.165, 1.54) is 44.2 Å². The van der Waals surface area contributed by atoms with Crippen LogP contribution < -0.4 is 11.1 Å². The molecule has 0 bridgehead atoms. The van der Waals surface area contributed by atoms with Crippen LogP contribution in [0.2, 0.25) is 0 Å². The normalized spacial score (nSPS) is 9.95. The lowest BCUT2D eigenvalue weighted by atomic mass is 10.1. The molecule has 1 amide bonds. The third kappa shape index (κ3) is 5.38. The molecule has 0 heterocycles. The first kappa shape index (κ1) is 18.0. The van der Waals surface area contributed by atoms with Crippen molar-refractivity contribution in [1.82, 2.24) is 0 Å². The third-order valence-electron chi connectivity index (χ3n) is 2.55. The van der Waals surface area contributed by atoms with Crippen LogP contribution >= 0.6 is 11.8 Å². The topological polar surface area (TPSA) is 108 Å². The summed E-state index contributed by atoms with van der Waals surface area (Å²) in [4.78, 5) is 35.0. The summed E-state index contributed by atoms with van der Waals surface area (Å²) in [5.41, 5.74) is 5.97. The highest BCUT2D eigenvalue weighted by molar-refractivity contribution is 7.99. The molecule has 0 aliphatic heterocycles. The molecule has 1 aromatic carbocycles. The van der Waals surface area contributed by atoms with Gasteiger partial charge in [-0.25, -0.2) is 9.59 Å². The first-order chi connectivity index (χ1) is 10.5. The smallest absolute Gasteiger partial charge is 0.337 e. The third-order valence-corrected chi connectivity index (χ3v) is 3.55. The van der Waals surface area contributed by atoms with Crippen molar-refractivity contribution in [3.63, 3.8) is 0 Å². The molecule has 0 saturated heterocycles. The summed E-state index contributed by atoms with van der Waals surface area (Å²) in [5.74, 6) is -0.579. The van der Waals surface area contributed by atoms with Crippen molar-refractivity contribution in [2.75, 3.05) is 37.6 Å². The van der Waals surface area contributed by atoms with E-state index < -0.39 is 11.9 Å². The number of carbonyl (C=O) groups is 3. The Kier molecular flexibility index (Phi) is 7.41. The Morgan fingerprint density at radius 1 is 1.09 bits per heavy atom. The van der Waals surface area contributed by atoms with Crippen molar-refractivity contribution >= 4 is 35.3 Å². The molecular weight excluding hydrogens is 308 g/mol. The molecule has 0 unspecified atom stereocenters. The van der Waals surface area contributed by atoms with Gasteiger partial charge in [-0.05, 0) is 18.2 Å². The van der Waals surface area contributed by atoms with Gasteiger partial charge < -0.3 is 20.5 Å². The predicted octanol–water partition coefficient (Wildman–Crippen LogP) is 0.890. The number of benzene rings is 1. The van der Waals surface area contributed by atoms with Gasteiger partial charge in [0.2, 0.25) is 5.91 Å². The zero-order chi connectivity index (χ0) is 16.5. The number of nitrogens with one attached hydrogen (secondary N) is 1. The second kappa shape index (κ2) is 9.06. The van der Waals surface area contributed by atoms with Crippen LogP contribution in [0, 0.1) is 0 Å². The fourth-order valence-corrected chi connectivity index (χ4v) is 2.19. The summed E-state index contributed by atoms with van der Waals surface area (Å²) in [6.07, 6.45) is 0. The number of amides is 1. The first-order valence-electron chi connectivity index (χ1n) is 6.41. The van der Waals surface area contributed by atoms with Gasteiger partial charge in [-0.3, -0.25) is 4.79 Å². The summed E-state index contributed by atoms with van der Waals surface area (Å²) in [6, 6.07) is 4.21. The number of carbonyl (C=O) groups excluding carboxylic acids is 3. The molecule has 1 rings (SSSR count). The van der Waals surface area contributed by atoms with Crippen molar-refractivity contribution in [3.05, 3.63) is 29.3 Å². The Hall–Kier alpha value is -2.06. The van der Waals surface area contributed by atoms with Crippen LogP contribution in [0.1, 0.15) is 20.7 Å². The van der Waals surface area contributed by atoms with Crippen LogP contribution in [0.3, 0.4) is 0 Å². The molecule has 0 aliphatic carbocycles. The minimum atomic E-state index is -0.612. The Labute approximate surface area is 132 Å². The van der Waals surface area contributed by atoms with Gasteiger partial charge >= 0.3 is 11.9 Å². The molecular formula is C14H18N2O5S. The molecule has 22 heavy (non-hydrogen) atoms. The van der Waals surface area contributed by atoms with Gasteiger partial charge in [0.15, 0.2) is 0 Å². The van der Waals surface area contributed by atoms with E-state index in [9.17, 15) is 14.4 Å². The van der Waals surface area contributed by atoms with E-state index in [0.717, 1.165) is 0 Å². The molecule has 0 aromatic heterocycles. The Morgan fingerprint density at radius 2 is 1.64 bits per heavy atom. The highest BCUT2D eigenvalue weighted by Gasteiger charge is 2.14. The highest BCUT2D eigenvalue weighted by atomic mass is 32.2. The number of anilines is 1. The van der Waals surface area contributed by atoms with E-state index in [1.807, 2.05) is 0 Å².